The second kappa shape index (κ2) is 9.16. The number of hydrogen-bond acceptors (Lipinski definition) is 1. The van der Waals surface area contributed by atoms with Crippen molar-refractivity contribution in [2.45, 2.75) is 85.7 Å². The van der Waals surface area contributed by atoms with Crippen LogP contribution in [0.5, 0.6) is 0 Å². The summed E-state index contributed by atoms with van der Waals surface area (Å²) in [7, 11) is 0. The second-order valence-corrected chi connectivity index (χ2v) is 10.4. The van der Waals surface area contributed by atoms with Crippen LogP contribution in [0.1, 0.15) is 79.6 Å². The Labute approximate surface area is 173 Å². The number of hydrogen-bond donors (Lipinski definition) is 1. The highest BCUT2D eigenvalue weighted by atomic mass is 16.3. The van der Waals surface area contributed by atoms with Crippen LogP contribution in [0.15, 0.2) is 47.6 Å². The zero-order valence-electron chi connectivity index (χ0n) is 18.8. The van der Waals surface area contributed by atoms with E-state index >= 15 is 0 Å². The van der Waals surface area contributed by atoms with Gasteiger partial charge in [0.1, 0.15) is 0 Å². The molecule has 156 valence electrons. The molecule has 6 atom stereocenters. The topological polar surface area (TPSA) is 20.2 Å². The van der Waals surface area contributed by atoms with Crippen molar-refractivity contribution in [2.24, 2.45) is 35.0 Å². The lowest BCUT2D eigenvalue weighted by molar-refractivity contribution is 0.129. The zero-order valence-corrected chi connectivity index (χ0v) is 18.8. The highest BCUT2D eigenvalue weighted by Gasteiger charge is 2.49. The van der Waals surface area contributed by atoms with Gasteiger partial charge >= 0.3 is 0 Å². The molecule has 1 N–H and O–H groups in total. The van der Waals surface area contributed by atoms with Crippen molar-refractivity contribution in [3.8, 4) is 0 Å². The van der Waals surface area contributed by atoms with Crippen molar-refractivity contribution in [3.05, 3.63) is 47.6 Å². The minimum absolute atomic E-state index is 0.146. The van der Waals surface area contributed by atoms with Gasteiger partial charge in [-0.15, -0.1) is 0 Å². The monoisotopic (exact) mass is 382 g/mol. The molecule has 0 aromatic heterocycles. The highest BCUT2D eigenvalue weighted by molar-refractivity contribution is 5.34. The lowest BCUT2D eigenvalue weighted by atomic mass is 9.62. The Bertz CT molecular complexity index is 649. The van der Waals surface area contributed by atoms with Crippen LogP contribution >= 0.6 is 0 Å². The molecule has 0 unspecified atom stereocenters. The fourth-order valence-corrected chi connectivity index (χ4v) is 5.88. The van der Waals surface area contributed by atoms with Crippen molar-refractivity contribution in [1.29, 1.82) is 0 Å². The standard InChI is InChI=1S/C27H42O/c1-19(2)20(3)11-12-21(4)25-15-16-26-23(9-7-17-27(25,26)5)14-13-22-8-6-10-24(28)18-22/h8-9,11-14,19-21,24-26,28H,6-7,10,15-18H2,1-5H3/b12-11+,14-13+/t20-,21+,24-,25+,26+,27+/m0/s1. The lowest BCUT2D eigenvalue weighted by Crippen LogP contribution is -2.34. The number of allylic oxidation sites excluding steroid dienone is 7. The van der Waals surface area contributed by atoms with E-state index in [4.69, 9.17) is 0 Å². The van der Waals surface area contributed by atoms with Gasteiger partial charge in [-0.05, 0) is 91.1 Å². The first kappa shape index (κ1) is 21.6. The van der Waals surface area contributed by atoms with Crippen LogP contribution < -0.4 is 0 Å². The van der Waals surface area contributed by atoms with E-state index in [9.17, 15) is 5.11 Å². The molecule has 28 heavy (non-hydrogen) atoms. The van der Waals surface area contributed by atoms with Crippen molar-refractivity contribution in [1.82, 2.24) is 0 Å². The van der Waals surface area contributed by atoms with Gasteiger partial charge in [0.25, 0.3) is 0 Å². The van der Waals surface area contributed by atoms with E-state index in [1.807, 2.05) is 0 Å². The van der Waals surface area contributed by atoms with Crippen molar-refractivity contribution < 1.29 is 5.11 Å². The fourth-order valence-electron chi connectivity index (χ4n) is 5.88. The number of fused-ring (bicyclic) bond motifs is 1. The van der Waals surface area contributed by atoms with Gasteiger partial charge in [0, 0.05) is 0 Å². The van der Waals surface area contributed by atoms with Crippen LogP contribution in [0.25, 0.3) is 0 Å². The number of aliphatic hydroxyl groups excluding tert-OH is 1. The molecule has 0 heterocycles. The number of rotatable bonds is 6. The molecular formula is C27H42O. The summed E-state index contributed by atoms with van der Waals surface area (Å²) >= 11 is 0. The molecule has 3 aliphatic carbocycles. The quantitative estimate of drug-likeness (QED) is 0.480. The average molecular weight is 383 g/mol. The SMILES string of the molecule is CC(C)[C@@H](C)/C=C/[C@@H](C)[C@H]1CC[C@@H]2C(/C=C/C3=CCC[C@H](O)C3)=CCC[C@@]21C. The Morgan fingerprint density at radius 3 is 2.50 bits per heavy atom. The van der Waals surface area contributed by atoms with Crippen LogP contribution in [-0.4, -0.2) is 11.2 Å². The largest absolute Gasteiger partial charge is 0.393 e. The molecule has 3 rings (SSSR count). The molecule has 0 amide bonds. The van der Waals surface area contributed by atoms with Crippen LogP contribution in [-0.2, 0) is 0 Å². The molecular weight excluding hydrogens is 340 g/mol. The van der Waals surface area contributed by atoms with Crippen molar-refractivity contribution in [2.75, 3.05) is 0 Å². The molecule has 0 saturated heterocycles. The maximum Gasteiger partial charge on any atom is 0.0583 e. The fraction of sp³-hybridized carbons (Fsp3) is 0.704. The summed E-state index contributed by atoms with van der Waals surface area (Å²) in [5.74, 6) is 3.54. The third-order valence-electron chi connectivity index (χ3n) is 8.15. The molecule has 0 spiro atoms. The normalized spacial score (nSPS) is 35.9. The molecule has 1 saturated carbocycles. The summed E-state index contributed by atoms with van der Waals surface area (Å²) in [6.45, 7) is 12.0. The maximum atomic E-state index is 9.93. The average Bonchev–Trinajstić information content (AvgIpc) is 3.01. The first-order valence-electron chi connectivity index (χ1n) is 11.7. The van der Waals surface area contributed by atoms with E-state index in [1.165, 1.54) is 31.3 Å². The molecule has 0 radical (unpaired) electrons. The predicted molar refractivity (Wildman–Crippen MR) is 121 cm³/mol. The Balaban J connectivity index is 1.70. The van der Waals surface area contributed by atoms with Gasteiger partial charge in [-0.2, -0.15) is 0 Å². The minimum atomic E-state index is -0.146. The molecule has 1 heteroatoms. The first-order valence-corrected chi connectivity index (χ1v) is 11.7. The highest BCUT2D eigenvalue weighted by Crippen LogP contribution is 2.58. The van der Waals surface area contributed by atoms with Crippen molar-refractivity contribution in [3.63, 3.8) is 0 Å². The van der Waals surface area contributed by atoms with Crippen LogP contribution in [0.3, 0.4) is 0 Å². The van der Waals surface area contributed by atoms with Gasteiger partial charge in [-0.1, -0.05) is 71.1 Å². The number of aliphatic hydroxyl groups is 1. The third-order valence-corrected chi connectivity index (χ3v) is 8.15. The van der Waals surface area contributed by atoms with Gasteiger partial charge < -0.3 is 5.11 Å². The Hall–Kier alpha value is -1.08. The van der Waals surface area contributed by atoms with E-state index < -0.39 is 0 Å². The van der Waals surface area contributed by atoms with E-state index in [0.717, 1.165) is 31.1 Å². The smallest absolute Gasteiger partial charge is 0.0583 e. The maximum absolute atomic E-state index is 9.93. The van der Waals surface area contributed by atoms with E-state index in [1.54, 1.807) is 5.57 Å². The van der Waals surface area contributed by atoms with Gasteiger partial charge in [0.05, 0.1) is 6.10 Å². The van der Waals surface area contributed by atoms with Gasteiger partial charge in [0.2, 0.25) is 0 Å². The van der Waals surface area contributed by atoms with E-state index in [-0.39, 0.29) is 6.10 Å². The van der Waals surface area contributed by atoms with Gasteiger partial charge in [0.15, 0.2) is 0 Å². The second-order valence-electron chi connectivity index (χ2n) is 10.4. The summed E-state index contributed by atoms with van der Waals surface area (Å²) in [5, 5.41) is 9.93. The third kappa shape index (κ3) is 4.73. The van der Waals surface area contributed by atoms with E-state index in [0.29, 0.717) is 23.2 Å². The summed E-state index contributed by atoms with van der Waals surface area (Å²) in [6, 6.07) is 0. The zero-order chi connectivity index (χ0) is 20.3. The molecule has 0 aromatic rings. The molecule has 0 aliphatic heterocycles. The summed E-state index contributed by atoms with van der Waals surface area (Å²) in [4.78, 5) is 0. The van der Waals surface area contributed by atoms with Crippen LogP contribution in [0.2, 0.25) is 0 Å². The van der Waals surface area contributed by atoms with Gasteiger partial charge in [-0.3, -0.25) is 0 Å². The Morgan fingerprint density at radius 1 is 1.00 bits per heavy atom. The van der Waals surface area contributed by atoms with Gasteiger partial charge in [-0.25, -0.2) is 0 Å². The molecule has 1 fully saturated rings. The van der Waals surface area contributed by atoms with Crippen LogP contribution in [0, 0.1) is 35.0 Å². The summed E-state index contributed by atoms with van der Waals surface area (Å²) < 4.78 is 0. The Kier molecular flexibility index (Phi) is 7.07. The molecule has 0 bridgehead atoms. The lowest BCUT2D eigenvalue weighted by Gasteiger charge is -2.42. The van der Waals surface area contributed by atoms with Crippen molar-refractivity contribution >= 4 is 0 Å². The molecule has 3 aliphatic rings. The summed E-state index contributed by atoms with van der Waals surface area (Å²) in [6.07, 6.45) is 22.3. The first-order chi connectivity index (χ1) is 13.3. The predicted octanol–water partition coefficient (Wildman–Crippen LogP) is 7.25. The molecule has 0 aromatic carbocycles. The van der Waals surface area contributed by atoms with E-state index in [2.05, 4.69) is 71.1 Å². The minimum Gasteiger partial charge on any atom is -0.393 e. The summed E-state index contributed by atoms with van der Waals surface area (Å²) in [5.41, 5.74) is 3.31. The molecule has 1 nitrogen and oxygen atoms in total. The van der Waals surface area contributed by atoms with Crippen LogP contribution in [0.4, 0.5) is 0 Å². The Morgan fingerprint density at radius 2 is 1.79 bits per heavy atom.